The number of rotatable bonds is 6. The van der Waals surface area contributed by atoms with Crippen LogP contribution in [0.1, 0.15) is 31.4 Å². The van der Waals surface area contributed by atoms with E-state index in [1.807, 2.05) is 38.1 Å². The third-order valence-corrected chi connectivity index (χ3v) is 2.88. The summed E-state index contributed by atoms with van der Waals surface area (Å²) in [6.45, 7) is 4.00. The Balaban J connectivity index is 2.48. The lowest BCUT2D eigenvalue weighted by Crippen LogP contribution is -2.15. The van der Waals surface area contributed by atoms with E-state index in [-0.39, 0.29) is 18.4 Å². The summed E-state index contributed by atoms with van der Waals surface area (Å²) in [5.74, 6) is -0.533. The fourth-order valence-electron chi connectivity index (χ4n) is 1.65. The van der Waals surface area contributed by atoms with E-state index in [1.165, 1.54) is 0 Å². The maximum atomic E-state index is 10.5. The number of benzene rings is 1. The molecule has 1 rings (SSSR count). The van der Waals surface area contributed by atoms with Gasteiger partial charge in [-0.25, -0.2) is 0 Å². The van der Waals surface area contributed by atoms with Crippen LogP contribution in [0.5, 0.6) is 0 Å². The summed E-state index contributed by atoms with van der Waals surface area (Å²) in [6, 6.07) is 7.55. The molecule has 0 amide bonds. The van der Waals surface area contributed by atoms with Crippen molar-refractivity contribution in [3.05, 3.63) is 35.4 Å². The minimum absolute atomic E-state index is 0.0644. The van der Waals surface area contributed by atoms with Crippen LogP contribution in [0.15, 0.2) is 24.3 Å². The van der Waals surface area contributed by atoms with E-state index in [0.29, 0.717) is 0 Å². The van der Waals surface area contributed by atoms with Gasteiger partial charge in [0.2, 0.25) is 0 Å². The molecule has 94 valence electrons. The van der Waals surface area contributed by atoms with Crippen LogP contribution >= 0.6 is 0 Å². The fourth-order valence-corrected chi connectivity index (χ4v) is 1.65. The number of carboxylic acid groups (broad SMARTS) is 1. The molecule has 1 aromatic carbocycles. The van der Waals surface area contributed by atoms with Gasteiger partial charge in [-0.3, -0.25) is 4.79 Å². The Morgan fingerprint density at radius 1 is 1.18 bits per heavy atom. The van der Waals surface area contributed by atoms with Gasteiger partial charge in [-0.1, -0.05) is 38.1 Å². The molecule has 0 radical (unpaired) electrons. The minimum Gasteiger partial charge on any atom is -0.481 e. The Morgan fingerprint density at radius 2 is 1.71 bits per heavy atom. The van der Waals surface area contributed by atoms with Crippen LogP contribution in [0.2, 0.25) is 0 Å². The van der Waals surface area contributed by atoms with Gasteiger partial charge in [0.25, 0.3) is 0 Å². The Labute approximate surface area is 102 Å². The number of aliphatic hydroxyl groups excluding tert-OH is 1. The summed E-state index contributed by atoms with van der Waals surface area (Å²) >= 11 is 0. The second-order valence-corrected chi connectivity index (χ2v) is 4.74. The van der Waals surface area contributed by atoms with Gasteiger partial charge < -0.3 is 10.2 Å². The van der Waals surface area contributed by atoms with Crippen LogP contribution in [0.4, 0.5) is 0 Å². The minimum atomic E-state index is -0.812. The zero-order chi connectivity index (χ0) is 12.8. The highest BCUT2D eigenvalue weighted by atomic mass is 16.4. The van der Waals surface area contributed by atoms with Crippen LogP contribution < -0.4 is 0 Å². The first-order valence-corrected chi connectivity index (χ1v) is 5.96. The molecule has 0 saturated heterocycles. The van der Waals surface area contributed by atoms with Crippen LogP contribution in [0.25, 0.3) is 0 Å². The first kappa shape index (κ1) is 13.7. The van der Waals surface area contributed by atoms with Gasteiger partial charge in [0, 0.05) is 0 Å². The molecule has 0 saturated carbocycles. The highest BCUT2D eigenvalue weighted by molar-refractivity contribution is 5.70. The average Bonchev–Trinajstić information content (AvgIpc) is 2.26. The lowest BCUT2D eigenvalue weighted by Gasteiger charge is -2.14. The van der Waals surface area contributed by atoms with Gasteiger partial charge in [0.15, 0.2) is 0 Å². The van der Waals surface area contributed by atoms with Crippen molar-refractivity contribution in [1.82, 2.24) is 0 Å². The molecule has 0 heterocycles. The Hall–Kier alpha value is -1.35. The zero-order valence-corrected chi connectivity index (χ0v) is 10.4. The van der Waals surface area contributed by atoms with Gasteiger partial charge >= 0.3 is 5.97 Å². The topological polar surface area (TPSA) is 57.5 Å². The molecule has 1 atom stereocenters. The Kier molecular flexibility index (Phi) is 5.16. The van der Waals surface area contributed by atoms with Crippen LogP contribution in [0, 0.1) is 5.92 Å². The molecule has 17 heavy (non-hydrogen) atoms. The second-order valence-electron chi connectivity index (χ2n) is 4.74. The molecular weight excluding hydrogens is 216 g/mol. The molecule has 0 aliphatic rings. The van der Waals surface area contributed by atoms with Crippen molar-refractivity contribution < 1.29 is 15.0 Å². The monoisotopic (exact) mass is 236 g/mol. The fraction of sp³-hybridized carbons (Fsp3) is 0.500. The number of aliphatic carboxylic acids is 1. The van der Waals surface area contributed by atoms with E-state index >= 15 is 0 Å². The summed E-state index contributed by atoms with van der Waals surface area (Å²) in [7, 11) is 0. The van der Waals surface area contributed by atoms with Crippen molar-refractivity contribution in [3.63, 3.8) is 0 Å². The van der Waals surface area contributed by atoms with Crippen molar-refractivity contribution in [1.29, 1.82) is 0 Å². The van der Waals surface area contributed by atoms with E-state index < -0.39 is 5.97 Å². The summed E-state index contributed by atoms with van der Waals surface area (Å²) in [5, 5.41) is 18.3. The Bertz CT molecular complexity index is 354. The molecule has 2 N–H and O–H groups in total. The number of aliphatic hydroxyl groups is 1. The summed E-state index contributed by atoms with van der Waals surface area (Å²) in [6.07, 6.45) is 1.37. The van der Waals surface area contributed by atoms with Gasteiger partial charge in [0.05, 0.1) is 12.5 Å². The number of hydrogen-bond donors (Lipinski definition) is 2. The first-order valence-electron chi connectivity index (χ1n) is 5.96. The normalized spacial score (nSPS) is 12.7. The van der Waals surface area contributed by atoms with E-state index in [9.17, 15) is 9.90 Å². The number of hydrogen-bond acceptors (Lipinski definition) is 2. The number of carboxylic acids is 1. The molecule has 3 nitrogen and oxygen atoms in total. The van der Waals surface area contributed by atoms with Crippen LogP contribution in [0.3, 0.4) is 0 Å². The van der Waals surface area contributed by atoms with Gasteiger partial charge in [-0.05, 0) is 29.9 Å². The zero-order valence-electron chi connectivity index (χ0n) is 10.4. The predicted molar refractivity (Wildman–Crippen MR) is 66.9 cm³/mol. The third kappa shape index (κ3) is 5.00. The molecule has 1 unspecified atom stereocenters. The SMILES string of the molecule is CC(C)C(O)CCc1ccc(CC(=O)O)cc1. The van der Waals surface area contributed by atoms with Gasteiger partial charge in [-0.2, -0.15) is 0 Å². The lowest BCUT2D eigenvalue weighted by molar-refractivity contribution is -0.136. The van der Waals surface area contributed by atoms with Crippen molar-refractivity contribution in [2.45, 2.75) is 39.2 Å². The highest BCUT2D eigenvalue weighted by Gasteiger charge is 2.09. The quantitative estimate of drug-likeness (QED) is 0.796. The number of carbonyl (C=O) groups is 1. The molecular formula is C14H20O3. The smallest absolute Gasteiger partial charge is 0.307 e. The first-order chi connectivity index (χ1) is 7.99. The second kappa shape index (κ2) is 6.40. The highest BCUT2D eigenvalue weighted by Crippen LogP contribution is 2.12. The van der Waals surface area contributed by atoms with E-state index in [4.69, 9.17) is 5.11 Å². The summed E-state index contributed by atoms with van der Waals surface area (Å²) in [5.41, 5.74) is 1.95. The molecule has 3 heteroatoms. The van der Waals surface area contributed by atoms with E-state index in [0.717, 1.165) is 24.0 Å². The van der Waals surface area contributed by atoms with Crippen LogP contribution in [-0.4, -0.2) is 22.3 Å². The molecule has 0 aliphatic heterocycles. The number of aryl methyl sites for hydroxylation is 1. The molecule has 0 aliphatic carbocycles. The molecule has 1 aromatic rings. The molecule has 0 spiro atoms. The van der Waals surface area contributed by atoms with Crippen molar-refractivity contribution in [2.24, 2.45) is 5.92 Å². The molecule has 0 bridgehead atoms. The van der Waals surface area contributed by atoms with Gasteiger partial charge in [-0.15, -0.1) is 0 Å². The van der Waals surface area contributed by atoms with Crippen molar-refractivity contribution >= 4 is 5.97 Å². The lowest BCUT2D eigenvalue weighted by atomic mass is 9.98. The largest absolute Gasteiger partial charge is 0.481 e. The third-order valence-electron chi connectivity index (χ3n) is 2.88. The molecule has 0 fully saturated rings. The standard InChI is InChI=1S/C14H20O3/c1-10(2)13(15)8-7-11-3-5-12(6-4-11)9-14(16)17/h3-6,10,13,15H,7-9H2,1-2H3,(H,16,17). The van der Waals surface area contributed by atoms with Crippen molar-refractivity contribution in [2.75, 3.05) is 0 Å². The van der Waals surface area contributed by atoms with Crippen LogP contribution in [-0.2, 0) is 17.6 Å². The van der Waals surface area contributed by atoms with E-state index in [1.54, 1.807) is 0 Å². The van der Waals surface area contributed by atoms with E-state index in [2.05, 4.69) is 0 Å². The maximum absolute atomic E-state index is 10.5. The molecule has 0 aromatic heterocycles. The average molecular weight is 236 g/mol. The van der Waals surface area contributed by atoms with Crippen molar-refractivity contribution in [3.8, 4) is 0 Å². The maximum Gasteiger partial charge on any atom is 0.307 e. The van der Waals surface area contributed by atoms with Gasteiger partial charge in [0.1, 0.15) is 0 Å². The summed E-state index contributed by atoms with van der Waals surface area (Å²) < 4.78 is 0. The Morgan fingerprint density at radius 3 is 2.18 bits per heavy atom. The summed E-state index contributed by atoms with van der Waals surface area (Å²) in [4.78, 5) is 10.5. The predicted octanol–water partition coefficient (Wildman–Crippen LogP) is 2.26.